The zero-order valence-corrected chi connectivity index (χ0v) is 26.7. The average Bonchev–Trinajstić information content (AvgIpc) is 3.70. The first kappa shape index (κ1) is 27.1. The predicted molar refractivity (Wildman–Crippen MR) is 203 cm³/mol. The van der Waals surface area contributed by atoms with Crippen LogP contribution in [0.25, 0.3) is 92.3 Å². The maximum Gasteiger partial charge on any atom is 0.161 e. The van der Waals surface area contributed by atoms with Crippen LogP contribution in [0.3, 0.4) is 0 Å². The highest BCUT2D eigenvalue weighted by Gasteiger charge is 2.19. The molecule has 0 radical (unpaired) electrons. The fourth-order valence-corrected chi connectivity index (χ4v) is 8.38. The molecule has 0 aliphatic carbocycles. The molecule has 3 heterocycles. The smallest absolute Gasteiger partial charge is 0.161 e. The summed E-state index contributed by atoms with van der Waals surface area (Å²) in [5, 5.41) is 7.44. The zero-order valence-electron chi connectivity index (χ0n) is 25.8. The Labute approximate surface area is 281 Å². The average molecular weight is 630 g/mol. The van der Waals surface area contributed by atoms with Crippen LogP contribution in [0.1, 0.15) is 0 Å². The molecular weight excluding hydrogens is 603 g/mol. The van der Waals surface area contributed by atoms with Crippen LogP contribution in [-0.2, 0) is 0 Å². The predicted octanol–water partition coefficient (Wildman–Crippen LogP) is 12.1. The van der Waals surface area contributed by atoms with Crippen molar-refractivity contribution in [2.45, 2.75) is 0 Å². The third-order valence-electron chi connectivity index (χ3n) is 9.41. The molecular formula is C44H27N3S. The number of thiophene rings is 1. The third kappa shape index (κ3) is 4.20. The Balaban J connectivity index is 1.23. The number of hydrogen-bond donors (Lipinski definition) is 0. The Morgan fingerprint density at radius 3 is 1.58 bits per heavy atom. The van der Waals surface area contributed by atoms with Gasteiger partial charge in [0.05, 0.1) is 22.4 Å². The van der Waals surface area contributed by atoms with Gasteiger partial charge in [-0.15, -0.1) is 11.3 Å². The van der Waals surface area contributed by atoms with E-state index < -0.39 is 0 Å². The first-order valence-electron chi connectivity index (χ1n) is 16.2. The molecule has 7 aromatic carbocycles. The Kier molecular flexibility index (Phi) is 6.05. The van der Waals surface area contributed by atoms with E-state index in [-0.39, 0.29) is 0 Å². The summed E-state index contributed by atoms with van der Waals surface area (Å²) in [5.74, 6) is 0.733. The molecule has 10 aromatic rings. The van der Waals surface area contributed by atoms with Gasteiger partial charge in [0.15, 0.2) is 5.82 Å². The molecule has 0 fully saturated rings. The number of hydrogen-bond acceptors (Lipinski definition) is 3. The number of para-hydroxylation sites is 2. The van der Waals surface area contributed by atoms with Crippen molar-refractivity contribution in [2.75, 3.05) is 0 Å². The lowest BCUT2D eigenvalue weighted by Gasteiger charge is -2.12. The Morgan fingerprint density at radius 2 is 0.958 bits per heavy atom. The minimum Gasteiger partial charge on any atom is -0.309 e. The molecule has 0 aliphatic rings. The highest BCUT2D eigenvalue weighted by Crippen LogP contribution is 2.44. The summed E-state index contributed by atoms with van der Waals surface area (Å²) in [6, 6.07) is 58.2. The largest absolute Gasteiger partial charge is 0.309 e. The van der Waals surface area contributed by atoms with E-state index in [4.69, 9.17) is 9.97 Å². The molecule has 48 heavy (non-hydrogen) atoms. The molecule has 0 N–H and O–H groups in total. The van der Waals surface area contributed by atoms with E-state index in [9.17, 15) is 0 Å². The van der Waals surface area contributed by atoms with Crippen molar-refractivity contribution in [3.05, 3.63) is 164 Å². The van der Waals surface area contributed by atoms with Crippen LogP contribution < -0.4 is 0 Å². The van der Waals surface area contributed by atoms with Crippen molar-refractivity contribution in [3.63, 3.8) is 0 Å². The summed E-state index contributed by atoms with van der Waals surface area (Å²) >= 11 is 1.83. The van der Waals surface area contributed by atoms with Crippen LogP contribution in [-0.4, -0.2) is 14.5 Å². The number of aromatic nitrogens is 3. The van der Waals surface area contributed by atoms with Crippen molar-refractivity contribution in [1.29, 1.82) is 0 Å². The maximum atomic E-state index is 5.21. The summed E-state index contributed by atoms with van der Waals surface area (Å²) in [7, 11) is 0. The first-order valence-corrected chi connectivity index (χ1v) is 17.0. The molecule has 0 spiro atoms. The minimum atomic E-state index is 0.733. The monoisotopic (exact) mass is 629 g/mol. The standard InChI is InChI=1S/C44H27N3S/c1-3-13-28(14-4-1)37-27-38(29-15-5-2-6-16-29)46-44(45-37)35-26-42-43(34-20-8-7-17-31(34)35)36-25-30(23-24-41(36)48-42)47-39-21-11-9-18-32(39)33-19-10-12-22-40(33)47/h1-27H. The zero-order chi connectivity index (χ0) is 31.6. The van der Waals surface area contributed by atoms with Gasteiger partial charge >= 0.3 is 0 Å². The van der Waals surface area contributed by atoms with Crippen LogP contribution in [0, 0.1) is 0 Å². The van der Waals surface area contributed by atoms with E-state index in [1.165, 1.54) is 53.1 Å². The van der Waals surface area contributed by atoms with Crippen molar-refractivity contribution >= 4 is 64.1 Å². The lowest BCUT2D eigenvalue weighted by molar-refractivity contribution is 1.19. The molecule has 0 saturated carbocycles. The van der Waals surface area contributed by atoms with E-state index in [0.29, 0.717) is 0 Å². The van der Waals surface area contributed by atoms with Gasteiger partial charge < -0.3 is 4.57 Å². The van der Waals surface area contributed by atoms with Gasteiger partial charge in [-0.25, -0.2) is 9.97 Å². The molecule has 0 atom stereocenters. The summed E-state index contributed by atoms with van der Waals surface area (Å²) in [6.07, 6.45) is 0. The quantitative estimate of drug-likeness (QED) is 0.194. The topological polar surface area (TPSA) is 30.7 Å². The summed E-state index contributed by atoms with van der Waals surface area (Å²) in [5.41, 5.74) is 8.61. The molecule has 4 heteroatoms. The van der Waals surface area contributed by atoms with Crippen molar-refractivity contribution in [3.8, 4) is 39.6 Å². The van der Waals surface area contributed by atoms with E-state index in [1.54, 1.807) is 0 Å². The van der Waals surface area contributed by atoms with E-state index in [0.717, 1.165) is 39.3 Å². The van der Waals surface area contributed by atoms with Gasteiger partial charge in [-0.2, -0.15) is 0 Å². The lowest BCUT2D eigenvalue weighted by Crippen LogP contribution is -1.96. The fraction of sp³-hybridized carbons (Fsp3) is 0. The number of rotatable bonds is 4. The second kappa shape index (κ2) is 10.7. The molecule has 10 rings (SSSR count). The van der Waals surface area contributed by atoms with Gasteiger partial charge in [-0.05, 0) is 53.2 Å². The molecule has 0 amide bonds. The molecule has 0 unspecified atom stereocenters. The van der Waals surface area contributed by atoms with Gasteiger partial charge in [-0.1, -0.05) is 121 Å². The number of fused-ring (bicyclic) bond motifs is 8. The van der Waals surface area contributed by atoms with Gasteiger partial charge in [0.1, 0.15) is 0 Å². The summed E-state index contributed by atoms with van der Waals surface area (Å²) in [4.78, 5) is 10.4. The van der Waals surface area contributed by atoms with Gasteiger partial charge in [0.25, 0.3) is 0 Å². The van der Waals surface area contributed by atoms with Gasteiger partial charge in [0.2, 0.25) is 0 Å². The molecule has 224 valence electrons. The van der Waals surface area contributed by atoms with Gasteiger partial charge in [0, 0.05) is 53.3 Å². The van der Waals surface area contributed by atoms with Crippen LogP contribution in [0.15, 0.2) is 164 Å². The molecule has 3 aromatic heterocycles. The lowest BCUT2D eigenvalue weighted by atomic mass is 9.98. The van der Waals surface area contributed by atoms with Crippen LogP contribution in [0.2, 0.25) is 0 Å². The van der Waals surface area contributed by atoms with E-state index >= 15 is 0 Å². The highest BCUT2D eigenvalue weighted by molar-refractivity contribution is 7.26. The normalized spacial score (nSPS) is 11.8. The Morgan fingerprint density at radius 1 is 0.417 bits per heavy atom. The third-order valence-corrected chi connectivity index (χ3v) is 10.5. The molecule has 0 saturated heterocycles. The molecule has 3 nitrogen and oxygen atoms in total. The Bertz CT molecular complexity index is 2720. The van der Waals surface area contributed by atoms with Gasteiger partial charge in [-0.3, -0.25) is 0 Å². The van der Waals surface area contributed by atoms with E-state index in [2.05, 4.69) is 156 Å². The summed E-state index contributed by atoms with van der Waals surface area (Å²) < 4.78 is 4.90. The van der Waals surface area contributed by atoms with Crippen LogP contribution >= 0.6 is 11.3 Å². The maximum absolute atomic E-state index is 5.21. The number of nitrogens with zero attached hydrogens (tertiary/aromatic N) is 3. The first-order chi connectivity index (χ1) is 23.8. The number of benzene rings is 7. The second-order valence-corrected chi connectivity index (χ2v) is 13.3. The molecule has 0 bridgehead atoms. The van der Waals surface area contributed by atoms with Crippen molar-refractivity contribution < 1.29 is 0 Å². The SMILES string of the molecule is c1ccc(-c2cc(-c3ccccc3)nc(-c3cc4sc5ccc(-n6c7ccccc7c7ccccc76)cc5c4c4ccccc34)n2)cc1. The highest BCUT2D eigenvalue weighted by atomic mass is 32.1. The Hall–Kier alpha value is -6.10. The van der Waals surface area contributed by atoms with Crippen LogP contribution in [0.4, 0.5) is 0 Å². The summed E-state index contributed by atoms with van der Waals surface area (Å²) in [6.45, 7) is 0. The second-order valence-electron chi connectivity index (χ2n) is 12.2. The fourth-order valence-electron chi connectivity index (χ4n) is 7.23. The molecule has 0 aliphatic heterocycles. The van der Waals surface area contributed by atoms with Crippen LogP contribution in [0.5, 0.6) is 0 Å². The van der Waals surface area contributed by atoms with Crippen molar-refractivity contribution in [2.24, 2.45) is 0 Å². The minimum absolute atomic E-state index is 0.733. The van der Waals surface area contributed by atoms with Crippen molar-refractivity contribution in [1.82, 2.24) is 14.5 Å². The van der Waals surface area contributed by atoms with E-state index in [1.807, 2.05) is 23.5 Å².